The molecule has 2 heterocycles. The highest BCUT2D eigenvalue weighted by atomic mass is 19.4. The number of nitrogens with one attached hydrogen (secondary N) is 1. The van der Waals surface area contributed by atoms with Gasteiger partial charge in [-0.1, -0.05) is 6.07 Å². The maximum atomic E-state index is 14.6. The number of aromatic nitrogens is 2. The fourth-order valence-corrected chi connectivity index (χ4v) is 3.36. The van der Waals surface area contributed by atoms with Crippen LogP contribution in [0.3, 0.4) is 0 Å². The van der Waals surface area contributed by atoms with Gasteiger partial charge >= 0.3 is 6.18 Å². The number of carbonyl (C=O) groups excluding carboxylic acids is 2. The summed E-state index contributed by atoms with van der Waals surface area (Å²) in [5, 5.41) is 0.0404. The van der Waals surface area contributed by atoms with Gasteiger partial charge in [0.1, 0.15) is 23.1 Å². The molecule has 0 atom stereocenters. The zero-order valence-corrected chi connectivity index (χ0v) is 16.2. The predicted molar refractivity (Wildman–Crippen MR) is 105 cm³/mol. The molecule has 0 fully saturated rings. The van der Waals surface area contributed by atoms with Crippen molar-refractivity contribution in [2.45, 2.75) is 6.18 Å². The Morgan fingerprint density at radius 2 is 1.61 bits per heavy atom. The summed E-state index contributed by atoms with van der Waals surface area (Å²) in [4.78, 5) is 30.9. The van der Waals surface area contributed by atoms with Gasteiger partial charge in [-0.05, 0) is 35.9 Å². The van der Waals surface area contributed by atoms with Gasteiger partial charge in [0.05, 0.1) is 16.7 Å². The van der Waals surface area contributed by atoms with E-state index in [1.54, 1.807) is 0 Å². The molecule has 4 aromatic rings. The smallest absolute Gasteiger partial charge is 0.366 e. The van der Waals surface area contributed by atoms with E-state index in [1.165, 1.54) is 12.3 Å². The van der Waals surface area contributed by atoms with Crippen LogP contribution in [0.25, 0.3) is 22.2 Å². The van der Waals surface area contributed by atoms with E-state index in [4.69, 9.17) is 5.73 Å². The van der Waals surface area contributed by atoms with E-state index in [9.17, 15) is 35.9 Å². The molecule has 11 heteroatoms. The Hall–Kier alpha value is -4.15. The monoisotopic (exact) mass is 463 g/mol. The summed E-state index contributed by atoms with van der Waals surface area (Å²) in [6.07, 6.45) is -2.63. The lowest BCUT2D eigenvalue weighted by Gasteiger charge is -2.10. The summed E-state index contributed by atoms with van der Waals surface area (Å²) in [5.41, 5.74) is 1.73. The summed E-state index contributed by atoms with van der Waals surface area (Å²) in [7, 11) is 0. The number of nitrogens with zero attached hydrogens (tertiary/aromatic N) is 1. The molecule has 1 amide bonds. The molecule has 0 aliphatic rings. The van der Waals surface area contributed by atoms with Crippen molar-refractivity contribution in [3.8, 4) is 11.1 Å². The van der Waals surface area contributed by atoms with Gasteiger partial charge in [0.2, 0.25) is 5.78 Å². The third-order valence-corrected chi connectivity index (χ3v) is 4.96. The molecule has 2 aromatic heterocycles. The van der Waals surface area contributed by atoms with Crippen molar-refractivity contribution in [2.75, 3.05) is 0 Å². The zero-order valence-electron chi connectivity index (χ0n) is 16.2. The molecule has 168 valence electrons. The number of carbonyl (C=O) groups is 2. The third kappa shape index (κ3) is 3.81. The minimum Gasteiger partial charge on any atom is -0.366 e. The van der Waals surface area contributed by atoms with Crippen molar-refractivity contribution in [1.29, 1.82) is 0 Å². The molecule has 0 saturated heterocycles. The molecule has 3 N–H and O–H groups in total. The van der Waals surface area contributed by atoms with Crippen molar-refractivity contribution >= 4 is 22.7 Å². The highest BCUT2D eigenvalue weighted by molar-refractivity contribution is 6.17. The average Bonchev–Trinajstić information content (AvgIpc) is 3.16. The number of pyridine rings is 1. The van der Waals surface area contributed by atoms with Crippen molar-refractivity contribution < 1.29 is 35.9 Å². The first-order valence-corrected chi connectivity index (χ1v) is 9.15. The molecule has 0 bridgehead atoms. The first-order chi connectivity index (χ1) is 15.5. The van der Waals surface area contributed by atoms with Crippen molar-refractivity contribution in [3.05, 3.63) is 88.5 Å². The minimum atomic E-state index is -4.94. The number of primary amides is 1. The normalized spacial score (nSPS) is 11.7. The van der Waals surface area contributed by atoms with E-state index in [0.717, 1.165) is 18.3 Å². The van der Waals surface area contributed by atoms with Gasteiger partial charge in [-0.3, -0.25) is 9.59 Å². The number of fused-ring (bicyclic) bond motifs is 1. The fourth-order valence-electron chi connectivity index (χ4n) is 3.36. The lowest BCUT2D eigenvalue weighted by atomic mass is 9.98. The second-order valence-corrected chi connectivity index (χ2v) is 6.99. The van der Waals surface area contributed by atoms with E-state index in [1.807, 2.05) is 0 Å². The third-order valence-electron chi connectivity index (χ3n) is 4.96. The Labute approximate surface area is 180 Å². The van der Waals surface area contributed by atoms with Crippen LogP contribution >= 0.6 is 0 Å². The maximum Gasteiger partial charge on any atom is 0.419 e. The quantitative estimate of drug-likeness (QED) is 0.330. The zero-order chi connectivity index (χ0) is 24.1. The van der Waals surface area contributed by atoms with Gasteiger partial charge in [0.15, 0.2) is 0 Å². The molecular weight excluding hydrogens is 452 g/mol. The van der Waals surface area contributed by atoms with Crippen molar-refractivity contribution in [2.24, 2.45) is 5.73 Å². The standard InChI is InChI=1S/C22H11F6N3O2/c23-15-3-1-9(6-14(15)22(26,27)28)10-5-12-13(8-31-21(12)30-7-10)19(32)17-16(24)4-2-11(18(17)25)20(29)33/h1-8H,(H2,29,33)(H,30,31). The Bertz CT molecular complexity index is 1440. The second-order valence-electron chi connectivity index (χ2n) is 6.99. The number of amides is 1. The van der Waals surface area contributed by atoms with Crippen LogP contribution in [0.4, 0.5) is 26.3 Å². The summed E-state index contributed by atoms with van der Waals surface area (Å²) in [6.45, 7) is 0. The van der Waals surface area contributed by atoms with E-state index in [0.29, 0.717) is 18.2 Å². The van der Waals surface area contributed by atoms with Crippen LogP contribution in [-0.4, -0.2) is 21.7 Å². The molecule has 0 unspecified atom stereocenters. The molecular formula is C22H11F6N3O2. The van der Waals surface area contributed by atoms with Gasteiger partial charge in [-0.2, -0.15) is 13.2 Å². The number of alkyl halides is 3. The number of benzene rings is 2. The van der Waals surface area contributed by atoms with Gasteiger partial charge in [0.25, 0.3) is 5.91 Å². The molecule has 5 nitrogen and oxygen atoms in total. The van der Waals surface area contributed by atoms with E-state index in [-0.39, 0.29) is 27.7 Å². The number of rotatable bonds is 4. The molecule has 33 heavy (non-hydrogen) atoms. The Morgan fingerprint density at radius 3 is 2.27 bits per heavy atom. The van der Waals surface area contributed by atoms with Gasteiger partial charge in [-0.15, -0.1) is 0 Å². The molecule has 0 spiro atoms. The van der Waals surface area contributed by atoms with Gasteiger partial charge in [0, 0.05) is 28.9 Å². The van der Waals surface area contributed by atoms with Crippen LogP contribution in [-0.2, 0) is 6.18 Å². The lowest BCUT2D eigenvalue weighted by Crippen LogP contribution is -2.17. The Morgan fingerprint density at radius 1 is 0.909 bits per heavy atom. The summed E-state index contributed by atoms with van der Waals surface area (Å²) < 4.78 is 81.7. The van der Waals surface area contributed by atoms with Gasteiger partial charge < -0.3 is 10.7 Å². The van der Waals surface area contributed by atoms with Crippen LogP contribution < -0.4 is 5.73 Å². The maximum absolute atomic E-state index is 14.6. The lowest BCUT2D eigenvalue weighted by molar-refractivity contribution is -0.139. The largest absolute Gasteiger partial charge is 0.419 e. The van der Waals surface area contributed by atoms with Crippen LogP contribution in [0.5, 0.6) is 0 Å². The van der Waals surface area contributed by atoms with Gasteiger partial charge in [-0.25, -0.2) is 18.2 Å². The molecule has 0 aliphatic carbocycles. The van der Waals surface area contributed by atoms with E-state index >= 15 is 0 Å². The summed E-state index contributed by atoms with van der Waals surface area (Å²) in [5.74, 6) is -6.50. The Balaban J connectivity index is 1.85. The number of ketones is 1. The van der Waals surface area contributed by atoms with Crippen molar-refractivity contribution in [1.82, 2.24) is 9.97 Å². The number of aromatic amines is 1. The molecule has 2 aromatic carbocycles. The summed E-state index contributed by atoms with van der Waals surface area (Å²) in [6, 6.07) is 5.11. The van der Waals surface area contributed by atoms with Crippen LogP contribution in [0, 0.1) is 17.5 Å². The molecule has 0 radical (unpaired) electrons. The predicted octanol–water partition coefficient (Wildman–Crippen LogP) is 5.00. The topological polar surface area (TPSA) is 88.8 Å². The van der Waals surface area contributed by atoms with E-state index in [2.05, 4.69) is 9.97 Å². The van der Waals surface area contributed by atoms with Crippen LogP contribution in [0.15, 0.2) is 48.8 Å². The SMILES string of the molecule is NC(=O)c1ccc(F)c(C(=O)c2c[nH]c3ncc(-c4ccc(F)c(C(F)(F)F)c4)cc23)c1F. The second kappa shape index (κ2) is 7.76. The molecule has 0 aliphatic heterocycles. The van der Waals surface area contributed by atoms with Crippen LogP contribution in [0.2, 0.25) is 0 Å². The summed E-state index contributed by atoms with van der Waals surface area (Å²) >= 11 is 0. The highest BCUT2D eigenvalue weighted by Crippen LogP contribution is 2.35. The van der Waals surface area contributed by atoms with Crippen molar-refractivity contribution in [3.63, 3.8) is 0 Å². The number of hydrogen-bond donors (Lipinski definition) is 2. The molecule has 0 saturated carbocycles. The number of halogens is 6. The minimum absolute atomic E-state index is 0.0404. The van der Waals surface area contributed by atoms with Crippen LogP contribution in [0.1, 0.15) is 31.8 Å². The number of H-pyrrole nitrogens is 1. The fraction of sp³-hybridized carbons (Fsp3) is 0.0455. The number of nitrogens with two attached hydrogens (primary N) is 1. The average molecular weight is 463 g/mol. The number of hydrogen-bond acceptors (Lipinski definition) is 3. The first kappa shape index (κ1) is 22.1. The first-order valence-electron chi connectivity index (χ1n) is 9.15. The highest BCUT2D eigenvalue weighted by Gasteiger charge is 2.34. The Kier molecular flexibility index (Phi) is 5.19. The van der Waals surface area contributed by atoms with E-state index < -0.39 is 52.0 Å². The molecule has 4 rings (SSSR count).